The molecule has 1 saturated heterocycles. The molecule has 1 aromatic rings. The minimum atomic E-state index is -0.694. The summed E-state index contributed by atoms with van der Waals surface area (Å²) in [5.41, 5.74) is 0.651. The molecule has 5 nitrogen and oxygen atoms in total. The summed E-state index contributed by atoms with van der Waals surface area (Å²) < 4.78 is 5.29. The quantitative estimate of drug-likeness (QED) is 0.679. The fourth-order valence-electron chi connectivity index (χ4n) is 2.01. The third-order valence-electron chi connectivity index (χ3n) is 3.12. The fourth-order valence-corrected chi connectivity index (χ4v) is 3.20. The van der Waals surface area contributed by atoms with E-state index in [1.807, 2.05) is 0 Å². The van der Waals surface area contributed by atoms with E-state index < -0.39 is 6.10 Å². The van der Waals surface area contributed by atoms with Crippen LogP contribution < -0.4 is 0 Å². The van der Waals surface area contributed by atoms with E-state index in [0.29, 0.717) is 15.7 Å². The Morgan fingerprint density at radius 1 is 1.47 bits per heavy atom. The molecule has 1 atom stereocenters. The first-order valence-corrected chi connectivity index (χ1v) is 7.16. The van der Waals surface area contributed by atoms with E-state index in [-0.39, 0.29) is 10.6 Å². The molecule has 0 bridgehead atoms. The number of nitro benzene ring substituents is 1. The van der Waals surface area contributed by atoms with Crippen LogP contribution in [0.4, 0.5) is 5.69 Å². The van der Waals surface area contributed by atoms with Crippen molar-refractivity contribution in [2.75, 3.05) is 13.2 Å². The average molecular weight is 283 g/mol. The normalized spacial score (nSPS) is 18.2. The first kappa shape index (κ1) is 14.3. The molecule has 6 heteroatoms. The Morgan fingerprint density at radius 3 is 2.74 bits per heavy atom. The highest BCUT2D eigenvalue weighted by Crippen LogP contribution is 2.37. The van der Waals surface area contributed by atoms with Gasteiger partial charge in [-0.15, -0.1) is 11.8 Å². The van der Waals surface area contributed by atoms with Crippen LogP contribution in [-0.2, 0) is 4.74 Å². The highest BCUT2D eigenvalue weighted by Gasteiger charge is 2.22. The van der Waals surface area contributed by atoms with Crippen molar-refractivity contribution in [3.8, 4) is 0 Å². The van der Waals surface area contributed by atoms with Gasteiger partial charge in [0, 0.05) is 24.5 Å². The largest absolute Gasteiger partial charge is 0.389 e. The molecule has 19 heavy (non-hydrogen) atoms. The Morgan fingerprint density at radius 2 is 2.16 bits per heavy atom. The number of benzene rings is 1. The van der Waals surface area contributed by atoms with Gasteiger partial charge in [0.15, 0.2) is 0 Å². The summed E-state index contributed by atoms with van der Waals surface area (Å²) in [7, 11) is 0. The summed E-state index contributed by atoms with van der Waals surface area (Å²) in [6.07, 6.45) is 1.14. The molecule has 1 aromatic carbocycles. The number of hydrogen-bond acceptors (Lipinski definition) is 5. The van der Waals surface area contributed by atoms with Crippen molar-refractivity contribution in [2.45, 2.75) is 36.0 Å². The van der Waals surface area contributed by atoms with Crippen molar-refractivity contribution in [3.05, 3.63) is 33.9 Å². The lowest BCUT2D eigenvalue weighted by Gasteiger charge is -2.21. The number of thioether (sulfide) groups is 1. The van der Waals surface area contributed by atoms with Crippen molar-refractivity contribution in [1.29, 1.82) is 0 Å². The van der Waals surface area contributed by atoms with Crippen molar-refractivity contribution in [1.82, 2.24) is 0 Å². The van der Waals surface area contributed by atoms with Crippen LogP contribution in [0.25, 0.3) is 0 Å². The SMILES string of the molecule is C[C@H](O)c1ccc(SC2CCOCC2)c([N+](=O)[O-])c1. The maximum absolute atomic E-state index is 11.1. The van der Waals surface area contributed by atoms with Crippen LogP contribution in [0, 0.1) is 10.1 Å². The van der Waals surface area contributed by atoms with Gasteiger partial charge in [0.1, 0.15) is 0 Å². The molecule has 1 aliphatic heterocycles. The number of nitro groups is 1. The number of aliphatic hydroxyl groups excluding tert-OH is 1. The first-order chi connectivity index (χ1) is 9.08. The van der Waals surface area contributed by atoms with Gasteiger partial charge in [-0.2, -0.15) is 0 Å². The van der Waals surface area contributed by atoms with Gasteiger partial charge in [-0.3, -0.25) is 10.1 Å². The zero-order chi connectivity index (χ0) is 13.8. The monoisotopic (exact) mass is 283 g/mol. The third kappa shape index (κ3) is 3.68. The summed E-state index contributed by atoms with van der Waals surface area (Å²) in [6, 6.07) is 4.95. The molecule has 0 saturated carbocycles. The van der Waals surface area contributed by atoms with Crippen LogP contribution >= 0.6 is 11.8 Å². The van der Waals surface area contributed by atoms with Gasteiger partial charge >= 0.3 is 0 Å². The van der Waals surface area contributed by atoms with Crippen molar-refractivity contribution >= 4 is 17.4 Å². The van der Waals surface area contributed by atoms with E-state index in [4.69, 9.17) is 4.74 Å². The summed E-state index contributed by atoms with van der Waals surface area (Å²) in [4.78, 5) is 11.4. The Bertz CT molecular complexity index is 458. The van der Waals surface area contributed by atoms with Gasteiger partial charge in [0.2, 0.25) is 0 Å². The molecule has 1 heterocycles. The van der Waals surface area contributed by atoms with E-state index in [2.05, 4.69) is 0 Å². The van der Waals surface area contributed by atoms with Crippen LogP contribution in [0.2, 0.25) is 0 Å². The molecule has 2 rings (SSSR count). The summed E-state index contributed by atoms with van der Waals surface area (Å²) >= 11 is 1.54. The number of ether oxygens (including phenoxy) is 1. The smallest absolute Gasteiger partial charge is 0.283 e. The minimum absolute atomic E-state index is 0.0786. The van der Waals surface area contributed by atoms with E-state index in [9.17, 15) is 15.2 Å². The minimum Gasteiger partial charge on any atom is -0.389 e. The van der Waals surface area contributed by atoms with E-state index in [0.717, 1.165) is 26.1 Å². The van der Waals surface area contributed by atoms with Crippen LogP contribution in [0.15, 0.2) is 23.1 Å². The van der Waals surface area contributed by atoms with E-state index >= 15 is 0 Å². The molecule has 0 amide bonds. The van der Waals surface area contributed by atoms with Gasteiger partial charge < -0.3 is 9.84 Å². The second-order valence-corrected chi connectivity index (χ2v) is 5.93. The van der Waals surface area contributed by atoms with Gasteiger partial charge in [-0.1, -0.05) is 6.07 Å². The van der Waals surface area contributed by atoms with Crippen LogP contribution in [0.5, 0.6) is 0 Å². The van der Waals surface area contributed by atoms with Crippen LogP contribution in [0.1, 0.15) is 31.4 Å². The molecule has 0 aromatic heterocycles. The summed E-state index contributed by atoms with van der Waals surface area (Å²) in [5.74, 6) is 0. The highest BCUT2D eigenvalue weighted by molar-refractivity contribution is 8.00. The molecule has 0 radical (unpaired) electrons. The zero-order valence-corrected chi connectivity index (χ0v) is 11.6. The molecular formula is C13H17NO4S. The van der Waals surface area contributed by atoms with Crippen molar-refractivity contribution in [2.24, 2.45) is 0 Å². The molecule has 1 N–H and O–H groups in total. The Hall–Kier alpha value is -1.11. The number of rotatable bonds is 4. The standard InChI is InChI=1S/C13H17NO4S/c1-9(15)10-2-3-13(12(8-10)14(16)17)19-11-4-6-18-7-5-11/h2-3,8-9,11,15H,4-7H2,1H3/t9-/m0/s1. The summed E-state index contributed by atoms with van der Waals surface area (Å²) in [6.45, 7) is 3.04. The van der Waals surface area contributed by atoms with E-state index in [1.165, 1.54) is 17.8 Å². The van der Waals surface area contributed by atoms with Gasteiger partial charge in [0.05, 0.1) is 15.9 Å². The molecule has 0 unspecified atom stereocenters. The Labute approximate surface area is 116 Å². The molecular weight excluding hydrogens is 266 g/mol. The second kappa shape index (κ2) is 6.36. The number of hydrogen-bond donors (Lipinski definition) is 1. The molecule has 1 aliphatic rings. The molecule has 1 fully saturated rings. The van der Waals surface area contributed by atoms with Gasteiger partial charge in [-0.25, -0.2) is 0 Å². The summed E-state index contributed by atoms with van der Waals surface area (Å²) in [5, 5.41) is 21.0. The maximum Gasteiger partial charge on any atom is 0.283 e. The Kier molecular flexibility index (Phi) is 4.79. The molecule has 0 spiro atoms. The van der Waals surface area contributed by atoms with Crippen molar-refractivity contribution < 1.29 is 14.8 Å². The van der Waals surface area contributed by atoms with E-state index in [1.54, 1.807) is 19.1 Å². The molecule has 104 valence electrons. The number of nitrogens with zero attached hydrogens (tertiary/aromatic N) is 1. The molecule has 0 aliphatic carbocycles. The Balaban J connectivity index is 2.21. The maximum atomic E-state index is 11.1. The average Bonchev–Trinajstić information content (AvgIpc) is 2.39. The second-order valence-electron chi connectivity index (χ2n) is 4.59. The van der Waals surface area contributed by atoms with Crippen LogP contribution in [0.3, 0.4) is 0 Å². The fraction of sp³-hybridized carbons (Fsp3) is 0.538. The third-order valence-corrected chi connectivity index (χ3v) is 4.53. The van der Waals surface area contributed by atoms with Gasteiger partial charge in [0.25, 0.3) is 5.69 Å². The number of aliphatic hydroxyl groups is 1. The lowest BCUT2D eigenvalue weighted by molar-refractivity contribution is -0.387. The topological polar surface area (TPSA) is 72.6 Å². The predicted molar refractivity (Wildman–Crippen MR) is 73.4 cm³/mol. The van der Waals surface area contributed by atoms with Gasteiger partial charge in [-0.05, 0) is 31.4 Å². The van der Waals surface area contributed by atoms with Crippen LogP contribution in [-0.4, -0.2) is 28.5 Å². The first-order valence-electron chi connectivity index (χ1n) is 6.28. The zero-order valence-electron chi connectivity index (χ0n) is 10.7. The predicted octanol–water partition coefficient (Wildman–Crippen LogP) is 2.92. The lowest BCUT2D eigenvalue weighted by Crippen LogP contribution is -2.17. The van der Waals surface area contributed by atoms with Crippen molar-refractivity contribution in [3.63, 3.8) is 0 Å². The lowest BCUT2D eigenvalue weighted by atomic mass is 10.1. The highest BCUT2D eigenvalue weighted by atomic mass is 32.2.